The fourth-order valence-electron chi connectivity index (χ4n) is 2.12. The van der Waals surface area contributed by atoms with Gasteiger partial charge >= 0.3 is 0 Å². The molecule has 2 heterocycles. The quantitative estimate of drug-likeness (QED) is 0.752. The first-order valence-corrected chi connectivity index (χ1v) is 6.34. The molecule has 0 radical (unpaired) electrons. The van der Waals surface area contributed by atoms with E-state index in [2.05, 4.69) is 40.6 Å². The highest BCUT2D eigenvalue weighted by atomic mass is 32.1. The highest BCUT2D eigenvalue weighted by Gasteiger charge is 2.14. The second-order valence-electron chi connectivity index (χ2n) is 3.93. The second-order valence-corrected chi connectivity index (χ2v) is 5.16. The lowest BCUT2D eigenvalue weighted by atomic mass is 10.1. The van der Waals surface area contributed by atoms with E-state index in [-0.39, 0.29) is 0 Å². The molecule has 0 saturated heterocycles. The van der Waals surface area contributed by atoms with E-state index in [9.17, 15) is 0 Å². The first-order chi connectivity index (χ1) is 8.31. The van der Waals surface area contributed by atoms with Crippen molar-refractivity contribution in [1.29, 1.82) is 0 Å². The van der Waals surface area contributed by atoms with Crippen LogP contribution in [0.5, 0.6) is 0 Å². The average molecular weight is 243 g/mol. The van der Waals surface area contributed by atoms with Crippen LogP contribution in [0, 0.1) is 6.92 Å². The zero-order valence-electron chi connectivity index (χ0n) is 9.55. The van der Waals surface area contributed by atoms with Crippen molar-refractivity contribution in [2.24, 2.45) is 5.73 Å². The van der Waals surface area contributed by atoms with Gasteiger partial charge in [-0.05, 0) is 12.5 Å². The Morgan fingerprint density at radius 3 is 2.76 bits per heavy atom. The van der Waals surface area contributed by atoms with E-state index in [1.165, 1.54) is 16.1 Å². The molecule has 4 heteroatoms. The van der Waals surface area contributed by atoms with Crippen LogP contribution in [0.3, 0.4) is 0 Å². The van der Waals surface area contributed by atoms with Gasteiger partial charge in [-0.1, -0.05) is 30.3 Å². The average Bonchev–Trinajstić information content (AvgIpc) is 2.87. The summed E-state index contributed by atoms with van der Waals surface area (Å²) in [6.45, 7) is 2.60. The number of thiazole rings is 1. The fourth-order valence-corrected chi connectivity index (χ4v) is 3.13. The molecular weight excluding hydrogens is 230 g/mol. The maximum Gasteiger partial charge on any atom is 0.128 e. The second kappa shape index (κ2) is 3.98. The lowest BCUT2D eigenvalue weighted by Crippen LogP contribution is -2.03. The number of aryl methyl sites for hydroxylation is 1. The van der Waals surface area contributed by atoms with Gasteiger partial charge < -0.3 is 5.73 Å². The van der Waals surface area contributed by atoms with Crippen molar-refractivity contribution in [3.63, 3.8) is 0 Å². The number of nitrogens with zero attached hydrogens (tertiary/aromatic N) is 2. The standard InChI is InChI=1S/C13H13N3S/c1-9-13(10-5-3-2-4-6-10)16-11(7-14)15-8-12(16)17-9/h2-6,8H,7,14H2,1H3. The van der Waals surface area contributed by atoms with Crippen molar-refractivity contribution in [2.75, 3.05) is 0 Å². The molecule has 3 rings (SSSR count). The van der Waals surface area contributed by atoms with Gasteiger partial charge in [-0.25, -0.2) is 4.98 Å². The first-order valence-electron chi connectivity index (χ1n) is 5.52. The molecule has 1 aromatic carbocycles. The van der Waals surface area contributed by atoms with Crippen LogP contribution >= 0.6 is 11.3 Å². The maximum atomic E-state index is 5.74. The first kappa shape index (κ1) is 10.5. The summed E-state index contributed by atoms with van der Waals surface area (Å²) in [5.74, 6) is 0.920. The summed E-state index contributed by atoms with van der Waals surface area (Å²) in [4.78, 5) is 6.80. The molecule has 0 fully saturated rings. The van der Waals surface area contributed by atoms with Crippen molar-refractivity contribution in [3.8, 4) is 11.3 Å². The minimum atomic E-state index is 0.462. The van der Waals surface area contributed by atoms with Crippen LogP contribution < -0.4 is 5.73 Å². The summed E-state index contributed by atoms with van der Waals surface area (Å²) < 4.78 is 2.16. The number of rotatable bonds is 2. The van der Waals surface area contributed by atoms with Gasteiger partial charge in [0.1, 0.15) is 10.7 Å². The molecule has 0 saturated carbocycles. The normalized spacial score (nSPS) is 11.2. The van der Waals surface area contributed by atoms with Crippen molar-refractivity contribution < 1.29 is 0 Å². The lowest BCUT2D eigenvalue weighted by molar-refractivity contribution is 0.910. The largest absolute Gasteiger partial charge is 0.324 e. The molecule has 0 spiro atoms. The van der Waals surface area contributed by atoms with Crippen molar-refractivity contribution in [1.82, 2.24) is 9.38 Å². The van der Waals surface area contributed by atoms with Gasteiger partial charge in [-0.3, -0.25) is 4.40 Å². The number of nitrogens with two attached hydrogens (primary N) is 1. The SMILES string of the molecule is Cc1sc2cnc(CN)n2c1-c1ccccc1. The number of imidazole rings is 1. The summed E-state index contributed by atoms with van der Waals surface area (Å²) in [5.41, 5.74) is 8.16. The van der Waals surface area contributed by atoms with Crippen LogP contribution in [0.4, 0.5) is 0 Å². The van der Waals surface area contributed by atoms with Gasteiger partial charge in [0, 0.05) is 4.88 Å². The fraction of sp³-hybridized carbons (Fsp3) is 0.154. The van der Waals surface area contributed by atoms with Crippen molar-refractivity contribution in [3.05, 3.63) is 47.2 Å². The Balaban J connectivity index is 2.34. The van der Waals surface area contributed by atoms with E-state index < -0.39 is 0 Å². The molecule has 0 bridgehead atoms. The van der Waals surface area contributed by atoms with Gasteiger partial charge in [0.15, 0.2) is 0 Å². The predicted octanol–water partition coefficient (Wildman–Crippen LogP) is 2.83. The van der Waals surface area contributed by atoms with E-state index in [0.29, 0.717) is 6.54 Å². The van der Waals surface area contributed by atoms with Gasteiger partial charge in [-0.2, -0.15) is 0 Å². The maximum absolute atomic E-state index is 5.74. The van der Waals surface area contributed by atoms with Crippen molar-refractivity contribution >= 4 is 16.2 Å². The van der Waals surface area contributed by atoms with E-state index in [4.69, 9.17) is 5.73 Å². The molecule has 2 N–H and O–H groups in total. The summed E-state index contributed by atoms with van der Waals surface area (Å²) >= 11 is 1.75. The minimum absolute atomic E-state index is 0.462. The van der Waals surface area contributed by atoms with Crippen LogP contribution in [0.25, 0.3) is 16.1 Å². The number of fused-ring (bicyclic) bond motifs is 1. The minimum Gasteiger partial charge on any atom is -0.324 e. The molecule has 0 unspecified atom stereocenters. The van der Waals surface area contributed by atoms with Crippen LogP contribution in [0.15, 0.2) is 36.5 Å². The molecule has 2 aromatic heterocycles. The molecule has 0 amide bonds. The van der Waals surface area contributed by atoms with Gasteiger partial charge in [0.2, 0.25) is 0 Å². The molecule has 0 atom stereocenters. The molecule has 0 aliphatic carbocycles. The van der Waals surface area contributed by atoms with Crippen LogP contribution in [0.2, 0.25) is 0 Å². The summed E-state index contributed by atoms with van der Waals surface area (Å²) in [6, 6.07) is 10.4. The number of hydrogen-bond donors (Lipinski definition) is 1. The Bertz CT molecular complexity index is 652. The third-order valence-electron chi connectivity index (χ3n) is 2.85. The third-order valence-corrected chi connectivity index (χ3v) is 3.84. The zero-order valence-corrected chi connectivity index (χ0v) is 10.4. The van der Waals surface area contributed by atoms with Gasteiger partial charge in [0.25, 0.3) is 0 Å². The molecule has 0 aliphatic rings. The molecule has 3 aromatic rings. The Hall–Kier alpha value is -1.65. The number of aromatic nitrogens is 2. The van der Waals surface area contributed by atoms with E-state index in [1.54, 1.807) is 11.3 Å². The van der Waals surface area contributed by atoms with Crippen LogP contribution in [-0.2, 0) is 6.54 Å². The Labute approximate surface area is 104 Å². The van der Waals surface area contributed by atoms with E-state index >= 15 is 0 Å². The predicted molar refractivity (Wildman–Crippen MR) is 71.1 cm³/mol. The molecule has 3 nitrogen and oxygen atoms in total. The Morgan fingerprint density at radius 2 is 2.06 bits per heavy atom. The highest BCUT2D eigenvalue weighted by molar-refractivity contribution is 7.17. The van der Waals surface area contributed by atoms with E-state index in [1.807, 2.05) is 12.3 Å². The van der Waals surface area contributed by atoms with Gasteiger partial charge in [-0.15, -0.1) is 11.3 Å². The molecule has 86 valence electrons. The summed E-state index contributed by atoms with van der Waals surface area (Å²) in [6.07, 6.45) is 1.90. The number of hydrogen-bond acceptors (Lipinski definition) is 3. The lowest BCUT2D eigenvalue weighted by Gasteiger charge is -2.04. The monoisotopic (exact) mass is 243 g/mol. The third kappa shape index (κ3) is 1.57. The highest BCUT2D eigenvalue weighted by Crippen LogP contribution is 2.32. The van der Waals surface area contributed by atoms with Crippen LogP contribution in [-0.4, -0.2) is 9.38 Å². The topological polar surface area (TPSA) is 43.3 Å². The Morgan fingerprint density at radius 1 is 1.29 bits per heavy atom. The number of benzene rings is 1. The van der Waals surface area contributed by atoms with E-state index in [0.717, 1.165) is 10.7 Å². The summed E-state index contributed by atoms with van der Waals surface area (Å²) in [5, 5.41) is 0. The Kier molecular flexibility index (Phi) is 2.46. The zero-order chi connectivity index (χ0) is 11.8. The molecular formula is C13H13N3S. The molecule has 0 aliphatic heterocycles. The summed E-state index contributed by atoms with van der Waals surface area (Å²) in [7, 11) is 0. The van der Waals surface area contributed by atoms with Crippen LogP contribution in [0.1, 0.15) is 10.7 Å². The molecule has 17 heavy (non-hydrogen) atoms. The smallest absolute Gasteiger partial charge is 0.128 e. The van der Waals surface area contributed by atoms with Gasteiger partial charge in [0.05, 0.1) is 18.4 Å². The van der Waals surface area contributed by atoms with Crippen molar-refractivity contribution in [2.45, 2.75) is 13.5 Å².